The van der Waals surface area contributed by atoms with Crippen molar-refractivity contribution < 1.29 is 9.53 Å². The second kappa shape index (κ2) is 4.99. The van der Waals surface area contributed by atoms with Gasteiger partial charge in [0.15, 0.2) is 6.04 Å². The lowest BCUT2D eigenvalue weighted by Gasteiger charge is -2.11. The van der Waals surface area contributed by atoms with Crippen molar-refractivity contribution in [2.75, 3.05) is 7.11 Å². The zero-order chi connectivity index (χ0) is 8.85. The number of thiocarbonyl (C=S) groups is 1. The smallest absolute Gasteiger partial charge is 0.331 e. The molecule has 0 aliphatic carbocycles. The lowest BCUT2D eigenvalue weighted by molar-refractivity contribution is -0.143. The van der Waals surface area contributed by atoms with Crippen LogP contribution in [0.25, 0.3) is 0 Å². The molecule has 0 aromatic heterocycles. The predicted octanol–water partition coefficient (Wildman–Crippen LogP) is 1.29. The minimum atomic E-state index is -0.502. The molecule has 0 unspecified atom stereocenters. The fraction of sp³-hybridized carbons (Fsp3) is 0.714. The van der Waals surface area contributed by atoms with Gasteiger partial charge in [0.25, 0.3) is 0 Å². The molecule has 0 rings (SSSR count). The van der Waals surface area contributed by atoms with E-state index < -0.39 is 6.04 Å². The van der Waals surface area contributed by atoms with Crippen molar-refractivity contribution in [1.82, 2.24) is 0 Å². The third kappa shape index (κ3) is 3.25. The van der Waals surface area contributed by atoms with Crippen LogP contribution < -0.4 is 0 Å². The van der Waals surface area contributed by atoms with E-state index >= 15 is 0 Å². The van der Waals surface area contributed by atoms with E-state index in [4.69, 9.17) is 0 Å². The molecule has 0 aromatic carbocycles. The summed E-state index contributed by atoms with van der Waals surface area (Å²) in [6.07, 6.45) is 0. The van der Waals surface area contributed by atoms with Crippen LogP contribution in [-0.4, -0.2) is 24.3 Å². The number of hydrogen-bond acceptors (Lipinski definition) is 4. The van der Waals surface area contributed by atoms with E-state index in [-0.39, 0.29) is 11.9 Å². The summed E-state index contributed by atoms with van der Waals surface area (Å²) in [4.78, 5) is 14.6. The molecule has 1 atom stereocenters. The van der Waals surface area contributed by atoms with Gasteiger partial charge in [-0.15, -0.1) is 0 Å². The molecule has 3 nitrogen and oxygen atoms in total. The van der Waals surface area contributed by atoms with Crippen molar-refractivity contribution in [2.24, 2.45) is 10.9 Å². The molecule has 0 spiro atoms. The van der Waals surface area contributed by atoms with E-state index in [9.17, 15) is 4.79 Å². The first-order chi connectivity index (χ1) is 5.13. The molecule has 0 amide bonds. The number of methoxy groups -OCH3 is 1. The fourth-order valence-corrected chi connectivity index (χ4v) is 0.765. The van der Waals surface area contributed by atoms with Crippen molar-refractivity contribution in [3.8, 4) is 0 Å². The van der Waals surface area contributed by atoms with E-state index in [1.807, 2.05) is 13.8 Å². The molecule has 0 saturated carbocycles. The minimum absolute atomic E-state index is 0.0953. The number of ether oxygens (including phenoxy) is 1. The van der Waals surface area contributed by atoms with Gasteiger partial charge < -0.3 is 4.74 Å². The zero-order valence-corrected chi connectivity index (χ0v) is 7.64. The van der Waals surface area contributed by atoms with Crippen LogP contribution in [0.3, 0.4) is 0 Å². The number of nitrogens with zero attached hydrogens (tertiary/aromatic N) is 1. The van der Waals surface area contributed by atoms with Gasteiger partial charge in [0.05, 0.1) is 12.3 Å². The molecule has 62 valence electrons. The highest BCUT2D eigenvalue weighted by molar-refractivity contribution is 7.78. The highest BCUT2D eigenvalue weighted by Gasteiger charge is 2.21. The van der Waals surface area contributed by atoms with Crippen LogP contribution in [0.1, 0.15) is 13.8 Å². The molecule has 0 bridgehead atoms. The minimum Gasteiger partial charge on any atom is -0.467 e. The molecule has 0 aromatic rings. The van der Waals surface area contributed by atoms with Crippen molar-refractivity contribution in [3.63, 3.8) is 0 Å². The number of hydrogen-bond donors (Lipinski definition) is 0. The molecule has 0 saturated heterocycles. The van der Waals surface area contributed by atoms with Crippen molar-refractivity contribution >= 4 is 23.3 Å². The Balaban J connectivity index is 4.33. The number of carbonyl (C=O) groups excluding carboxylic acids is 1. The van der Waals surface area contributed by atoms with Gasteiger partial charge in [0, 0.05) is 0 Å². The Labute approximate surface area is 71.5 Å². The van der Waals surface area contributed by atoms with E-state index in [0.717, 1.165) is 0 Å². The summed E-state index contributed by atoms with van der Waals surface area (Å²) < 4.78 is 4.51. The second-order valence-electron chi connectivity index (χ2n) is 2.43. The molecular weight excluding hydrogens is 162 g/mol. The first kappa shape index (κ1) is 10.3. The molecule has 0 aliphatic heterocycles. The van der Waals surface area contributed by atoms with Gasteiger partial charge in [-0.3, -0.25) is 0 Å². The van der Waals surface area contributed by atoms with Gasteiger partial charge in [-0.05, 0) is 18.1 Å². The molecule has 0 aliphatic rings. The van der Waals surface area contributed by atoms with E-state index in [0.29, 0.717) is 0 Å². The van der Waals surface area contributed by atoms with Crippen LogP contribution in [-0.2, 0) is 9.53 Å². The maximum atomic E-state index is 10.9. The normalized spacial score (nSPS) is 12.0. The highest BCUT2D eigenvalue weighted by atomic mass is 32.1. The largest absolute Gasteiger partial charge is 0.467 e. The van der Waals surface area contributed by atoms with E-state index in [2.05, 4.69) is 27.1 Å². The zero-order valence-electron chi connectivity index (χ0n) is 6.83. The van der Waals surface area contributed by atoms with Gasteiger partial charge in [0.1, 0.15) is 0 Å². The van der Waals surface area contributed by atoms with Crippen LogP contribution in [0, 0.1) is 5.92 Å². The number of carbonyl (C=O) groups is 1. The SMILES string of the molecule is COC(=O)[C@H](N=C=S)C(C)C. The molecular formula is C7H11NO2S. The first-order valence-corrected chi connectivity index (χ1v) is 3.69. The lowest BCUT2D eigenvalue weighted by atomic mass is 10.1. The molecule has 4 heteroatoms. The van der Waals surface area contributed by atoms with Crippen LogP contribution in [0.2, 0.25) is 0 Å². The molecule has 0 fully saturated rings. The molecule has 0 heterocycles. The Bertz CT molecular complexity index is 185. The summed E-state index contributed by atoms with van der Waals surface area (Å²) in [7, 11) is 1.33. The lowest BCUT2D eigenvalue weighted by Crippen LogP contribution is -2.25. The van der Waals surface area contributed by atoms with Crippen LogP contribution in [0.4, 0.5) is 0 Å². The second-order valence-corrected chi connectivity index (χ2v) is 2.61. The number of isothiocyanates is 1. The van der Waals surface area contributed by atoms with Gasteiger partial charge in [-0.25, -0.2) is 9.79 Å². The standard InChI is InChI=1S/C7H11NO2S/c1-5(2)6(8-4-11)7(9)10-3/h5-6H,1-3H3/t6-/m1/s1. The van der Waals surface area contributed by atoms with Crippen LogP contribution >= 0.6 is 12.2 Å². The molecule has 11 heavy (non-hydrogen) atoms. The Hall–Kier alpha value is -0.730. The monoisotopic (exact) mass is 173 g/mol. The van der Waals surface area contributed by atoms with Crippen LogP contribution in [0.5, 0.6) is 0 Å². The van der Waals surface area contributed by atoms with Crippen molar-refractivity contribution in [2.45, 2.75) is 19.9 Å². The maximum Gasteiger partial charge on any atom is 0.331 e. The van der Waals surface area contributed by atoms with E-state index in [1.165, 1.54) is 7.11 Å². The number of rotatable bonds is 3. The molecule has 0 radical (unpaired) electrons. The Morgan fingerprint density at radius 3 is 2.45 bits per heavy atom. The third-order valence-electron chi connectivity index (χ3n) is 1.27. The van der Waals surface area contributed by atoms with Gasteiger partial charge >= 0.3 is 5.97 Å². The van der Waals surface area contributed by atoms with Crippen molar-refractivity contribution in [1.29, 1.82) is 0 Å². The van der Waals surface area contributed by atoms with E-state index in [1.54, 1.807) is 0 Å². The van der Waals surface area contributed by atoms with Gasteiger partial charge in [-0.2, -0.15) is 0 Å². The topological polar surface area (TPSA) is 38.7 Å². The summed E-state index contributed by atoms with van der Waals surface area (Å²) in [6, 6.07) is -0.502. The quantitative estimate of drug-likeness (QED) is 0.366. The first-order valence-electron chi connectivity index (χ1n) is 3.28. The van der Waals surface area contributed by atoms with Gasteiger partial charge in [-0.1, -0.05) is 13.8 Å². The number of esters is 1. The summed E-state index contributed by atoms with van der Waals surface area (Å²) in [5.74, 6) is -0.268. The Kier molecular flexibility index (Phi) is 4.66. The van der Waals surface area contributed by atoms with Crippen LogP contribution in [0.15, 0.2) is 4.99 Å². The third-order valence-corrected chi connectivity index (χ3v) is 1.37. The van der Waals surface area contributed by atoms with Crippen molar-refractivity contribution in [3.05, 3.63) is 0 Å². The fourth-order valence-electron chi connectivity index (χ4n) is 0.651. The Morgan fingerprint density at radius 1 is 1.64 bits per heavy atom. The summed E-state index contributed by atoms with van der Waals surface area (Å²) in [6.45, 7) is 3.75. The summed E-state index contributed by atoms with van der Waals surface area (Å²) >= 11 is 4.39. The summed E-state index contributed by atoms with van der Waals surface area (Å²) in [5.41, 5.74) is 0. The van der Waals surface area contributed by atoms with Gasteiger partial charge in [0.2, 0.25) is 0 Å². The predicted molar refractivity (Wildman–Crippen MR) is 45.7 cm³/mol. The number of aliphatic imine (C=N–C) groups is 1. The average molecular weight is 173 g/mol. The highest BCUT2D eigenvalue weighted by Crippen LogP contribution is 2.06. The summed E-state index contributed by atoms with van der Waals surface area (Å²) in [5, 5.41) is 2.17. The average Bonchev–Trinajstić information content (AvgIpc) is 1.98. The maximum absolute atomic E-state index is 10.9. The molecule has 0 N–H and O–H groups in total. The Morgan fingerprint density at radius 2 is 2.18 bits per heavy atom.